The smallest absolute Gasteiger partial charge is 0.325 e. The van der Waals surface area contributed by atoms with Gasteiger partial charge in [0.1, 0.15) is 0 Å². The van der Waals surface area contributed by atoms with Crippen molar-refractivity contribution in [1.82, 2.24) is 10.2 Å². The Bertz CT molecular complexity index is 225. The van der Waals surface area contributed by atoms with Gasteiger partial charge >= 0.3 is 6.03 Å². The molecule has 1 unspecified atom stereocenters. The van der Waals surface area contributed by atoms with Crippen LogP contribution in [0.2, 0.25) is 0 Å². The van der Waals surface area contributed by atoms with Crippen molar-refractivity contribution >= 4 is 11.9 Å². The average Bonchev–Trinajstić information content (AvgIpc) is 2.30. The fraction of sp³-hybridized carbons (Fsp3) is 0.429. The van der Waals surface area contributed by atoms with E-state index >= 15 is 0 Å². The average molecular weight is 152 g/mol. The fourth-order valence-electron chi connectivity index (χ4n) is 0.901. The number of hydrogen-bond donors (Lipinski definition) is 1. The number of imide groups is 1. The first-order valence-corrected chi connectivity index (χ1v) is 3.23. The third-order valence-corrected chi connectivity index (χ3v) is 1.51. The van der Waals surface area contributed by atoms with Gasteiger partial charge in [0, 0.05) is 0 Å². The molecule has 0 aromatic rings. The topological polar surface area (TPSA) is 49.4 Å². The highest BCUT2D eigenvalue weighted by molar-refractivity contribution is 6.02. The maximum absolute atomic E-state index is 10.9. The van der Waals surface area contributed by atoms with E-state index in [1.165, 1.54) is 0 Å². The molecule has 3 amide bonds. The molecule has 1 aliphatic rings. The molecule has 1 heterocycles. The first-order chi connectivity index (χ1) is 5.16. The van der Waals surface area contributed by atoms with Crippen LogP contribution >= 0.6 is 0 Å². The molecule has 0 radical (unpaired) electrons. The minimum atomic E-state index is -0.454. The monoisotopic (exact) mass is 152 g/mol. The summed E-state index contributed by atoms with van der Waals surface area (Å²) in [6, 6.07) is -0.856. The summed E-state index contributed by atoms with van der Waals surface area (Å²) in [6.45, 7) is 1.69. The van der Waals surface area contributed by atoms with Crippen LogP contribution in [0, 0.1) is 12.3 Å². The summed E-state index contributed by atoms with van der Waals surface area (Å²) in [5.41, 5.74) is 0. The van der Waals surface area contributed by atoms with E-state index in [0.717, 1.165) is 4.90 Å². The summed E-state index contributed by atoms with van der Waals surface area (Å²) in [5, 5.41) is 2.38. The third kappa shape index (κ3) is 1.17. The third-order valence-electron chi connectivity index (χ3n) is 1.51. The van der Waals surface area contributed by atoms with Gasteiger partial charge in [-0.05, 0) is 6.92 Å². The first-order valence-electron chi connectivity index (χ1n) is 3.23. The Kier molecular flexibility index (Phi) is 1.81. The molecule has 0 bridgehead atoms. The molecule has 1 aliphatic heterocycles. The summed E-state index contributed by atoms with van der Waals surface area (Å²) in [5.74, 6) is 2.05. The van der Waals surface area contributed by atoms with Gasteiger partial charge in [-0.1, -0.05) is 5.92 Å². The Labute approximate surface area is 64.6 Å². The second-order valence-corrected chi connectivity index (χ2v) is 2.27. The maximum Gasteiger partial charge on any atom is 0.325 e. The Morgan fingerprint density at radius 3 is 2.73 bits per heavy atom. The number of urea groups is 1. The summed E-state index contributed by atoms with van der Waals surface area (Å²) >= 11 is 0. The molecule has 0 spiro atoms. The highest BCUT2D eigenvalue weighted by Crippen LogP contribution is 2.03. The molecule has 1 fully saturated rings. The molecule has 0 aromatic heterocycles. The van der Waals surface area contributed by atoms with E-state index in [4.69, 9.17) is 6.42 Å². The van der Waals surface area contributed by atoms with Crippen molar-refractivity contribution < 1.29 is 9.59 Å². The number of carbonyl (C=O) groups is 2. The molecule has 1 atom stereocenters. The number of nitrogens with zero attached hydrogens (tertiary/aromatic N) is 1. The molecular weight excluding hydrogens is 144 g/mol. The van der Waals surface area contributed by atoms with Gasteiger partial charge in [0.05, 0.1) is 12.6 Å². The minimum absolute atomic E-state index is 0.0604. The minimum Gasteiger partial charge on any atom is -0.328 e. The van der Waals surface area contributed by atoms with E-state index < -0.39 is 12.1 Å². The number of terminal acetylenes is 1. The van der Waals surface area contributed by atoms with Crippen LogP contribution in [0.3, 0.4) is 0 Å². The Balaban J connectivity index is 2.78. The van der Waals surface area contributed by atoms with Crippen LogP contribution in [0.25, 0.3) is 0 Å². The fourth-order valence-corrected chi connectivity index (χ4v) is 0.901. The quantitative estimate of drug-likeness (QED) is 0.409. The van der Waals surface area contributed by atoms with Crippen molar-refractivity contribution in [3.8, 4) is 12.3 Å². The van der Waals surface area contributed by atoms with Gasteiger partial charge in [0.15, 0.2) is 0 Å². The number of rotatable bonds is 1. The molecule has 4 heteroatoms. The summed E-state index contributed by atoms with van der Waals surface area (Å²) in [6.07, 6.45) is 5.05. The van der Waals surface area contributed by atoms with E-state index in [1.807, 2.05) is 0 Å². The number of nitrogens with one attached hydrogen (secondary N) is 1. The van der Waals surface area contributed by atoms with Gasteiger partial charge in [-0.15, -0.1) is 6.42 Å². The van der Waals surface area contributed by atoms with Crippen molar-refractivity contribution in [3.63, 3.8) is 0 Å². The molecule has 58 valence electrons. The van der Waals surface area contributed by atoms with Gasteiger partial charge in [-0.3, -0.25) is 4.79 Å². The second-order valence-electron chi connectivity index (χ2n) is 2.27. The highest BCUT2D eigenvalue weighted by Gasteiger charge is 2.31. The van der Waals surface area contributed by atoms with Gasteiger partial charge in [-0.2, -0.15) is 0 Å². The molecule has 0 aliphatic carbocycles. The number of amides is 3. The molecular formula is C7H8N2O2. The SMILES string of the molecule is C#CC(C)N1C(=O)CNC1=O. The molecule has 4 nitrogen and oxygen atoms in total. The van der Waals surface area contributed by atoms with Crippen molar-refractivity contribution in [2.24, 2.45) is 0 Å². The van der Waals surface area contributed by atoms with Gasteiger partial charge < -0.3 is 5.32 Å². The van der Waals surface area contributed by atoms with Gasteiger partial charge in [-0.25, -0.2) is 9.69 Å². The lowest BCUT2D eigenvalue weighted by molar-refractivity contribution is -0.125. The predicted molar refractivity (Wildman–Crippen MR) is 38.5 cm³/mol. The van der Waals surface area contributed by atoms with Crippen LogP contribution in [-0.2, 0) is 4.79 Å². The normalized spacial score (nSPS) is 19.5. The van der Waals surface area contributed by atoms with Gasteiger partial charge in [0.2, 0.25) is 0 Å². The zero-order chi connectivity index (χ0) is 8.43. The Hall–Kier alpha value is -1.50. The zero-order valence-electron chi connectivity index (χ0n) is 6.13. The van der Waals surface area contributed by atoms with Crippen LogP contribution in [0.4, 0.5) is 4.79 Å². The largest absolute Gasteiger partial charge is 0.328 e. The van der Waals surface area contributed by atoms with Crippen LogP contribution in [0.1, 0.15) is 6.92 Å². The van der Waals surface area contributed by atoms with Gasteiger partial charge in [0.25, 0.3) is 5.91 Å². The lowest BCUT2D eigenvalue weighted by atomic mass is 10.3. The zero-order valence-corrected chi connectivity index (χ0v) is 6.13. The lowest BCUT2D eigenvalue weighted by Crippen LogP contribution is -2.37. The molecule has 1 saturated heterocycles. The van der Waals surface area contributed by atoms with E-state index in [0.29, 0.717) is 0 Å². The molecule has 11 heavy (non-hydrogen) atoms. The van der Waals surface area contributed by atoms with Crippen LogP contribution in [0.15, 0.2) is 0 Å². The molecule has 0 saturated carbocycles. The molecule has 1 N–H and O–H groups in total. The molecule has 1 rings (SSSR count). The summed E-state index contributed by atoms with van der Waals surface area (Å²) < 4.78 is 0. The van der Waals surface area contributed by atoms with E-state index in [1.54, 1.807) is 6.92 Å². The molecule has 0 aromatic carbocycles. The summed E-state index contributed by atoms with van der Waals surface area (Å²) in [4.78, 5) is 22.9. The number of carbonyl (C=O) groups excluding carboxylic acids is 2. The maximum atomic E-state index is 10.9. The predicted octanol–water partition coefficient (Wildman–Crippen LogP) is -0.440. The van der Waals surface area contributed by atoms with Crippen LogP contribution in [-0.4, -0.2) is 29.4 Å². The Morgan fingerprint density at radius 2 is 2.36 bits per heavy atom. The highest BCUT2D eigenvalue weighted by atomic mass is 16.2. The van der Waals surface area contributed by atoms with Crippen molar-refractivity contribution in [2.75, 3.05) is 6.54 Å². The van der Waals surface area contributed by atoms with E-state index in [2.05, 4.69) is 11.2 Å². The first kappa shape index (κ1) is 7.61. The van der Waals surface area contributed by atoms with Crippen molar-refractivity contribution in [2.45, 2.75) is 13.0 Å². The van der Waals surface area contributed by atoms with E-state index in [9.17, 15) is 9.59 Å². The second kappa shape index (κ2) is 2.62. The summed E-state index contributed by atoms with van der Waals surface area (Å²) in [7, 11) is 0. The van der Waals surface area contributed by atoms with Crippen molar-refractivity contribution in [1.29, 1.82) is 0 Å². The Morgan fingerprint density at radius 1 is 1.73 bits per heavy atom. The van der Waals surface area contributed by atoms with Crippen LogP contribution in [0.5, 0.6) is 0 Å². The lowest BCUT2D eigenvalue weighted by Gasteiger charge is -2.14. The standard InChI is InChI=1S/C7H8N2O2/c1-3-5(2)9-6(10)4-8-7(9)11/h1,5H,4H2,2H3,(H,8,11). The van der Waals surface area contributed by atoms with E-state index in [-0.39, 0.29) is 12.5 Å². The van der Waals surface area contributed by atoms with Crippen molar-refractivity contribution in [3.05, 3.63) is 0 Å². The number of hydrogen-bond acceptors (Lipinski definition) is 2. The van der Waals surface area contributed by atoms with Crippen LogP contribution < -0.4 is 5.32 Å².